The van der Waals surface area contributed by atoms with E-state index in [1.165, 1.54) is 21.1 Å². The van der Waals surface area contributed by atoms with Gasteiger partial charge in [0.15, 0.2) is 5.78 Å². The predicted molar refractivity (Wildman–Crippen MR) is 63.8 cm³/mol. The summed E-state index contributed by atoms with van der Waals surface area (Å²) in [5.41, 5.74) is 0.452. The second kappa shape index (κ2) is 6.03. The lowest BCUT2D eigenvalue weighted by Crippen LogP contribution is -2.05. The standard InChI is InChI=1S/C13H16O4/c1-9(14)4-6-12(15)11-8-10(16-2)5-7-13(11)17-3/h5,7-8H,4,6H2,1-3H3. The van der Waals surface area contributed by atoms with Gasteiger partial charge in [0.2, 0.25) is 0 Å². The normalized spacial score (nSPS) is 9.82. The number of hydrogen-bond acceptors (Lipinski definition) is 4. The van der Waals surface area contributed by atoms with Crippen LogP contribution in [0.2, 0.25) is 0 Å². The van der Waals surface area contributed by atoms with Crippen LogP contribution in [0.1, 0.15) is 30.1 Å². The highest BCUT2D eigenvalue weighted by molar-refractivity contribution is 6.00. The molecule has 0 spiro atoms. The lowest BCUT2D eigenvalue weighted by atomic mass is 10.0. The Morgan fingerprint density at radius 3 is 2.35 bits per heavy atom. The second-order valence-corrected chi connectivity index (χ2v) is 3.69. The van der Waals surface area contributed by atoms with Crippen molar-refractivity contribution in [3.8, 4) is 11.5 Å². The van der Waals surface area contributed by atoms with Gasteiger partial charge in [-0.15, -0.1) is 0 Å². The van der Waals surface area contributed by atoms with Gasteiger partial charge in [0.1, 0.15) is 17.3 Å². The molecule has 0 radical (unpaired) electrons. The smallest absolute Gasteiger partial charge is 0.167 e. The summed E-state index contributed by atoms with van der Waals surface area (Å²) in [5.74, 6) is 0.979. The summed E-state index contributed by atoms with van der Waals surface area (Å²) < 4.78 is 10.2. The summed E-state index contributed by atoms with van der Waals surface area (Å²) in [4.78, 5) is 22.8. The van der Waals surface area contributed by atoms with Gasteiger partial charge in [-0.2, -0.15) is 0 Å². The Morgan fingerprint density at radius 2 is 1.82 bits per heavy atom. The van der Waals surface area contributed by atoms with E-state index in [0.29, 0.717) is 17.1 Å². The second-order valence-electron chi connectivity index (χ2n) is 3.69. The Hall–Kier alpha value is -1.84. The van der Waals surface area contributed by atoms with Crippen LogP contribution in [0.15, 0.2) is 18.2 Å². The minimum absolute atomic E-state index is 0.000197. The Labute approximate surface area is 101 Å². The number of ketones is 2. The van der Waals surface area contributed by atoms with E-state index in [9.17, 15) is 9.59 Å². The van der Waals surface area contributed by atoms with Gasteiger partial charge in [0.05, 0.1) is 19.8 Å². The minimum atomic E-state index is -0.115. The average molecular weight is 236 g/mol. The van der Waals surface area contributed by atoms with Crippen LogP contribution in [0.3, 0.4) is 0 Å². The molecular formula is C13H16O4. The predicted octanol–water partition coefficient (Wildman–Crippen LogP) is 2.26. The van der Waals surface area contributed by atoms with Gasteiger partial charge >= 0.3 is 0 Å². The van der Waals surface area contributed by atoms with Crippen LogP contribution >= 0.6 is 0 Å². The highest BCUT2D eigenvalue weighted by Gasteiger charge is 2.14. The molecule has 0 amide bonds. The van der Waals surface area contributed by atoms with Crippen molar-refractivity contribution in [1.82, 2.24) is 0 Å². The van der Waals surface area contributed by atoms with Crippen molar-refractivity contribution in [2.45, 2.75) is 19.8 Å². The van der Waals surface area contributed by atoms with Gasteiger partial charge in [-0.05, 0) is 25.1 Å². The lowest BCUT2D eigenvalue weighted by Gasteiger charge is -2.09. The topological polar surface area (TPSA) is 52.6 Å². The molecule has 0 aliphatic carbocycles. The first kappa shape index (κ1) is 13.2. The molecule has 92 valence electrons. The van der Waals surface area contributed by atoms with Gasteiger partial charge in [-0.25, -0.2) is 0 Å². The van der Waals surface area contributed by atoms with Crippen molar-refractivity contribution in [3.63, 3.8) is 0 Å². The van der Waals surface area contributed by atoms with Crippen molar-refractivity contribution in [3.05, 3.63) is 23.8 Å². The molecule has 1 rings (SSSR count). The molecule has 4 heteroatoms. The summed E-state index contributed by atoms with van der Waals surface area (Å²) in [6.07, 6.45) is 0.443. The molecule has 17 heavy (non-hydrogen) atoms. The van der Waals surface area contributed by atoms with Gasteiger partial charge in [0.25, 0.3) is 0 Å². The van der Waals surface area contributed by atoms with E-state index >= 15 is 0 Å². The Balaban J connectivity index is 2.93. The highest BCUT2D eigenvalue weighted by atomic mass is 16.5. The quantitative estimate of drug-likeness (QED) is 0.711. The van der Waals surface area contributed by atoms with Crippen molar-refractivity contribution in [1.29, 1.82) is 0 Å². The molecule has 4 nitrogen and oxygen atoms in total. The number of methoxy groups -OCH3 is 2. The maximum atomic E-state index is 11.9. The monoisotopic (exact) mass is 236 g/mol. The molecule has 0 aliphatic heterocycles. The zero-order valence-corrected chi connectivity index (χ0v) is 10.3. The van der Waals surface area contributed by atoms with Crippen molar-refractivity contribution >= 4 is 11.6 Å². The fraction of sp³-hybridized carbons (Fsp3) is 0.385. The Kier molecular flexibility index (Phi) is 4.69. The number of Topliss-reactive ketones (excluding diaryl/α,β-unsaturated/α-hetero) is 2. The molecule has 0 aromatic heterocycles. The minimum Gasteiger partial charge on any atom is -0.497 e. The summed E-state index contributed by atoms with van der Waals surface area (Å²) in [6.45, 7) is 1.47. The zero-order valence-electron chi connectivity index (χ0n) is 10.3. The van der Waals surface area contributed by atoms with Crippen molar-refractivity contribution in [2.75, 3.05) is 14.2 Å². The number of carbonyl (C=O) groups is 2. The van der Waals surface area contributed by atoms with E-state index in [1.54, 1.807) is 18.2 Å². The number of carbonyl (C=O) groups excluding carboxylic acids is 2. The fourth-order valence-corrected chi connectivity index (χ4v) is 1.46. The first-order valence-electron chi connectivity index (χ1n) is 5.33. The van der Waals surface area contributed by atoms with E-state index in [1.807, 2.05) is 0 Å². The SMILES string of the molecule is COc1ccc(OC)c(C(=O)CCC(C)=O)c1. The van der Waals surface area contributed by atoms with Crippen LogP contribution in [0.25, 0.3) is 0 Å². The lowest BCUT2D eigenvalue weighted by molar-refractivity contribution is -0.116. The third kappa shape index (κ3) is 3.59. The van der Waals surface area contributed by atoms with E-state index in [4.69, 9.17) is 9.47 Å². The zero-order chi connectivity index (χ0) is 12.8. The molecule has 0 N–H and O–H groups in total. The molecule has 0 bridgehead atoms. The van der Waals surface area contributed by atoms with Crippen molar-refractivity contribution < 1.29 is 19.1 Å². The van der Waals surface area contributed by atoms with Crippen LogP contribution in [-0.4, -0.2) is 25.8 Å². The molecule has 0 saturated heterocycles. The number of ether oxygens (including phenoxy) is 2. The average Bonchev–Trinajstić information content (AvgIpc) is 2.34. The molecule has 0 atom stereocenters. The van der Waals surface area contributed by atoms with Crippen molar-refractivity contribution in [2.24, 2.45) is 0 Å². The molecule has 1 aromatic carbocycles. The highest BCUT2D eigenvalue weighted by Crippen LogP contribution is 2.25. The third-order valence-electron chi connectivity index (χ3n) is 2.41. The molecule has 0 unspecified atom stereocenters. The van der Waals surface area contributed by atoms with E-state index in [0.717, 1.165) is 0 Å². The van der Waals surface area contributed by atoms with Crippen LogP contribution in [0, 0.1) is 0 Å². The number of rotatable bonds is 6. The van der Waals surface area contributed by atoms with Crippen LogP contribution in [-0.2, 0) is 4.79 Å². The Morgan fingerprint density at radius 1 is 1.12 bits per heavy atom. The van der Waals surface area contributed by atoms with Gasteiger partial charge in [0, 0.05) is 12.8 Å². The number of hydrogen-bond donors (Lipinski definition) is 0. The molecule has 1 aromatic rings. The maximum Gasteiger partial charge on any atom is 0.167 e. The molecule has 0 fully saturated rings. The summed E-state index contributed by atoms with van der Waals surface area (Å²) >= 11 is 0. The van der Waals surface area contributed by atoms with E-state index in [2.05, 4.69) is 0 Å². The Bertz CT molecular complexity index is 423. The summed E-state index contributed by atoms with van der Waals surface area (Å²) in [5, 5.41) is 0. The molecule has 0 heterocycles. The fourth-order valence-electron chi connectivity index (χ4n) is 1.46. The van der Waals surface area contributed by atoms with E-state index < -0.39 is 0 Å². The molecule has 0 aliphatic rings. The maximum absolute atomic E-state index is 11.9. The van der Waals surface area contributed by atoms with E-state index in [-0.39, 0.29) is 24.4 Å². The van der Waals surface area contributed by atoms with Gasteiger partial charge in [-0.3, -0.25) is 4.79 Å². The van der Waals surface area contributed by atoms with Crippen LogP contribution in [0.4, 0.5) is 0 Å². The summed E-state index contributed by atoms with van der Waals surface area (Å²) in [7, 11) is 3.04. The summed E-state index contributed by atoms with van der Waals surface area (Å²) in [6, 6.07) is 5.03. The van der Waals surface area contributed by atoms with Gasteiger partial charge in [-0.1, -0.05) is 0 Å². The third-order valence-corrected chi connectivity index (χ3v) is 2.41. The first-order chi connectivity index (χ1) is 8.08. The van der Waals surface area contributed by atoms with Gasteiger partial charge < -0.3 is 14.3 Å². The molecular weight excluding hydrogens is 220 g/mol. The van der Waals surface area contributed by atoms with Crippen LogP contribution in [0.5, 0.6) is 11.5 Å². The largest absolute Gasteiger partial charge is 0.497 e. The molecule has 0 saturated carbocycles. The first-order valence-corrected chi connectivity index (χ1v) is 5.33. The number of benzene rings is 1. The van der Waals surface area contributed by atoms with Crippen LogP contribution < -0.4 is 9.47 Å².